The Morgan fingerprint density at radius 1 is 0.917 bits per heavy atom. The van der Waals surface area contributed by atoms with Gasteiger partial charge in [0.15, 0.2) is 0 Å². The number of rotatable bonds is 2. The maximum absolute atomic E-state index is 4.59. The highest BCUT2D eigenvalue weighted by atomic mass is 15.0. The Morgan fingerprint density at radius 3 is 2.17 bits per heavy atom. The molecule has 0 aliphatic carbocycles. The number of aromatic nitrogens is 2. The van der Waals surface area contributed by atoms with Crippen LogP contribution in [-0.4, -0.2) is 9.55 Å². The fourth-order valence-electron chi connectivity index (χ4n) is 3.16. The summed E-state index contributed by atoms with van der Waals surface area (Å²) in [6.07, 6.45) is 3.87. The van der Waals surface area contributed by atoms with Gasteiger partial charge in [-0.25, -0.2) is 4.98 Å². The average Bonchev–Trinajstić information content (AvgIpc) is 2.93. The quantitative estimate of drug-likeness (QED) is 0.595. The van der Waals surface area contributed by atoms with Crippen molar-refractivity contribution in [1.82, 2.24) is 9.55 Å². The molecule has 0 unspecified atom stereocenters. The maximum Gasteiger partial charge on any atom is 0.139 e. The largest absolute Gasteiger partial charge is 0.334 e. The summed E-state index contributed by atoms with van der Waals surface area (Å²) < 4.78 is 2.09. The van der Waals surface area contributed by atoms with Crippen molar-refractivity contribution < 1.29 is 0 Å². The Balaban J connectivity index is 2.34. The molecule has 2 aromatic carbocycles. The van der Waals surface area contributed by atoms with Crippen LogP contribution in [-0.2, 0) is 12.5 Å². The van der Waals surface area contributed by atoms with E-state index in [0.717, 1.165) is 5.82 Å². The number of aryl methyl sites for hydroxylation is 2. The minimum atomic E-state index is 0.0883. The Kier molecular flexibility index (Phi) is 4.08. The monoisotopic (exact) mass is 318 g/mol. The molecule has 0 aliphatic heterocycles. The van der Waals surface area contributed by atoms with E-state index in [4.69, 9.17) is 0 Å². The molecule has 0 fully saturated rings. The summed E-state index contributed by atoms with van der Waals surface area (Å²) in [5, 5.41) is 0. The summed E-state index contributed by atoms with van der Waals surface area (Å²) in [6, 6.07) is 13.3. The average molecular weight is 318 g/mol. The second-order valence-electron chi connectivity index (χ2n) is 7.62. The lowest BCUT2D eigenvalue weighted by atomic mass is 9.81. The summed E-state index contributed by atoms with van der Waals surface area (Å²) >= 11 is 0. The predicted molar refractivity (Wildman–Crippen MR) is 102 cm³/mol. The van der Waals surface area contributed by atoms with Crippen molar-refractivity contribution in [3.8, 4) is 22.5 Å². The number of benzene rings is 2. The zero-order valence-corrected chi connectivity index (χ0v) is 15.5. The lowest BCUT2D eigenvalue weighted by Gasteiger charge is -2.24. The lowest BCUT2D eigenvalue weighted by molar-refractivity contribution is 0.590. The number of hydrogen-bond donors (Lipinski definition) is 0. The molecule has 0 saturated heterocycles. The Labute approximate surface area is 145 Å². The normalized spacial score (nSPS) is 11.8. The van der Waals surface area contributed by atoms with E-state index in [0.29, 0.717) is 0 Å². The van der Waals surface area contributed by atoms with Gasteiger partial charge in [-0.3, -0.25) is 0 Å². The molecule has 0 amide bonds. The van der Waals surface area contributed by atoms with Crippen LogP contribution in [0.15, 0.2) is 48.8 Å². The van der Waals surface area contributed by atoms with Crippen molar-refractivity contribution in [2.24, 2.45) is 7.05 Å². The van der Waals surface area contributed by atoms with Crippen molar-refractivity contribution in [2.45, 2.75) is 40.0 Å². The Morgan fingerprint density at radius 2 is 1.58 bits per heavy atom. The highest BCUT2D eigenvalue weighted by Gasteiger charge is 2.20. The fourth-order valence-corrected chi connectivity index (χ4v) is 3.16. The van der Waals surface area contributed by atoms with Gasteiger partial charge >= 0.3 is 0 Å². The SMILES string of the molecule is Cc1ccccc1-c1cc(C(C)(C)C)cc(-c2nccn2C)c1C. The molecular weight excluding hydrogens is 292 g/mol. The first-order valence-corrected chi connectivity index (χ1v) is 8.48. The second kappa shape index (κ2) is 5.94. The first kappa shape index (κ1) is 16.5. The maximum atomic E-state index is 4.59. The van der Waals surface area contributed by atoms with E-state index in [9.17, 15) is 0 Å². The number of nitrogens with zero attached hydrogens (tertiary/aromatic N) is 2. The second-order valence-corrected chi connectivity index (χ2v) is 7.62. The third-order valence-corrected chi connectivity index (χ3v) is 4.77. The minimum absolute atomic E-state index is 0.0883. The molecule has 0 N–H and O–H groups in total. The van der Waals surface area contributed by atoms with Crippen molar-refractivity contribution in [3.05, 3.63) is 65.5 Å². The van der Waals surface area contributed by atoms with Crippen LogP contribution < -0.4 is 0 Å². The summed E-state index contributed by atoms with van der Waals surface area (Å²) in [5.41, 5.74) is 7.84. The third kappa shape index (κ3) is 2.89. The van der Waals surface area contributed by atoms with Gasteiger partial charge in [0.1, 0.15) is 5.82 Å². The van der Waals surface area contributed by atoms with Crippen LogP contribution in [0.25, 0.3) is 22.5 Å². The summed E-state index contributed by atoms with van der Waals surface area (Å²) in [5.74, 6) is 1.02. The first-order valence-electron chi connectivity index (χ1n) is 8.48. The molecule has 0 radical (unpaired) electrons. The van der Waals surface area contributed by atoms with Crippen LogP contribution in [0, 0.1) is 13.8 Å². The van der Waals surface area contributed by atoms with Gasteiger partial charge in [-0.1, -0.05) is 51.1 Å². The van der Waals surface area contributed by atoms with Gasteiger partial charge in [-0.15, -0.1) is 0 Å². The molecule has 0 saturated carbocycles. The van der Waals surface area contributed by atoms with Gasteiger partial charge in [0, 0.05) is 25.0 Å². The lowest BCUT2D eigenvalue weighted by Crippen LogP contribution is -2.12. The minimum Gasteiger partial charge on any atom is -0.334 e. The molecule has 1 heterocycles. The van der Waals surface area contributed by atoms with Gasteiger partial charge in [0.05, 0.1) is 0 Å². The summed E-state index contributed by atoms with van der Waals surface area (Å²) in [6.45, 7) is 11.2. The van der Waals surface area contributed by atoms with E-state index in [2.05, 4.69) is 87.6 Å². The Hall–Kier alpha value is -2.35. The molecule has 0 spiro atoms. The molecule has 124 valence electrons. The molecule has 0 bridgehead atoms. The van der Waals surface area contributed by atoms with Crippen LogP contribution in [0.1, 0.15) is 37.5 Å². The standard InChI is InChI=1S/C22H26N2/c1-15-9-7-8-10-18(15)19-13-17(22(3,4)5)14-20(16(19)2)21-23-11-12-24(21)6/h7-14H,1-6H3. The topological polar surface area (TPSA) is 17.8 Å². The molecule has 3 rings (SSSR count). The molecule has 2 heteroatoms. The molecule has 24 heavy (non-hydrogen) atoms. The van der Waals surface area contributed by atoms with Crippen molar-refractivity contribution in [3.63, 3.8) is 0 Å². The van der Waals surface area contributed by atoms with E-state index >= 15 is 0 Å². The van der Waals surface area contributed by atoms with E-state index in [1.807, 2.05) is 12.4 Å². The van der Waals surface area contributed by atoms with E-state index < -0.39 is 0 Å². The molecule has 3 aromatic rings. The van der Waals surface area contributed by atoms with E-state index in [-0.39, 0.29) is 5.41 Å². The van der Waals surface area contributed by atoms with Crippen molar-refractivity contribution in [2.75, 3.05) is 0 Å². The van der Waals surface area contributed by atoms with Crippen molar-refractivity contribution in [1.29, 1.82) is 0 Å². The van der Waals surface area contributed by atoms with Crippen LogP contribution >= 0.6 is 0 Å². The van der Waals surface area contributed by atoms with Crippen LogP contribution in [0.5, 0.6) is 0 Å². The number of imidazole rings is 1. The predicted octanol–water partition coefficient (Wildman–Crippen LogP) is 5.67. The van der Waals surface area contributed by atoms with E-state index in [1.165, 1.54) is 33.4 Å². The van der Waals surface area contributed by atoms with Crippen molar-refractivity contribution >= 4 is 0 Å². The smallest absolute Gasteiger partial charge is 0.139 e. The zero-order valence-electron chi connectivity index (χ0n) is 15.5. The van der Waals surface area contributed by atoms with Gasteiger partial charge in [0.2, 0.25) is 0 Å². The fraction of sp³-hybridized carbons (Fsp3) is 0.318. The molecule has 0 atom stereocenters. The summed E-state index contributed by atoms with van der Waals surface area (Å²) in [7, 11) is 2.05. The van der Waals surface area contributed by atoms with Gasteiger partial charge in [-0.2, -0.15) is 0 Å². The zero-order chi connectivity index (χ0) is 17.5. The highest BCUT2D eigenvalue weighted by molar-refractivity contribution is 5.79. The molecular formula is C22H26N2. The first-order chi connectivity index (χ1) is 11.3. The Bertz CT molecular complexity index is 879. The van der Waals surface area contributed by atoms with Crippen LogP contribution in [0.2, 0.25) is 0 Å². The summed E-state index contributed by atoms with van der Waals surface area (Å²) in [4.78, 5) is 4.59. The highest BCUT2D eigenvalue weighted by Crippen LogP contribution is 2.37. The van der Waals surface area contributed by atoms with E-state index in [1.54, 1.807) is 0 Å². The van der Waals surface area contributed by atoms with Crippen LogP contribution in [0.4, 0.5) is 0 Å². The molecule has 2 nitrogen and oxygen atoms in total. The number of hydrogen-bond acceptors (Lipinski definition) is 1. The van der Waals surface area contributed by atoms with Gasteiger partial charge < -0.3 is 4.57 Å². The van der Waals surface area contributed by atoms with Gasteiger partial charge in [-0.05, 0) is 53.1 Å². The van der Waals surface area contributed by atoms with Crippen LogP contribution in [0.3, 0.4) is 0 Å². The van der Waals surface area contributed by atoms with Gasteiger partial charge in [0.25, 0.3) is 0 Å². The molecule has 0 aliphatic rings. The molecule has 1 aromatic heterocycles. The third-order valence-electron chi connectivity index (χ3n) is 4.77.